The Bertz CT molecular complexity index is 806. The number of methoxy groups -OCH3 is 1. The van der Waals surface area contributed by atoms with E-state index in [-0.39, 0.29) is 28.2 Å². The van der Waals surface area contributed by atoms with Crippen LogP contribution in [-0.4, -0.2) is 69.9 Å². The average Bonchev–Trinajstić information content (AvgIpc) is 2.65. The molecular formula is C18H26N2O6S. The van der Waals surface area contributed by atoms with Gasteiger partial charge in [-0.25, -0.2) is 13.2 Å². The number of rotatable bonds is 6. The number of carbonyl (C=O) groups excluding carboxylic acids is 2. The maximum Gasteiger partial charge on any atom is 0.338 e. The van der Waals surface area contributed by atoms with Crippen LogP contribution in [0.5, 0.6) is 5.75 Å². The molecule has 1 amide bonds. The van der Waals surface area contributed by atoms with Gasteiger partial charge in [-0.05, 0) is 38.0 Å². The molecule has 0 saturated carbocycles. The van der Waals surface area contributed by atoms with Crippen LogP contribution < -0.4 is 4.74 Å². The molecule has 9 heteroatoms. The van der Waals surface area contributed by atoms with E-state index in [1.54, 1.807) is 14.1 Å². The van der Waals surface area contributed by atoms with Crippen molar-refractivity contribution < 1.29 is 27.5 Å². The maximum absolute atomic E-state index is 13.1. The molecular weight excluding hydrogens is 372 g/mol. The van der Waals surface area contributed by atoms with E-state index < -0.39 is 22.6 Å². The van der Waals surface area contributed by atoms with E-state index in [1.165, 1.54) is 34.5 Å². The summed E-state index contributed by atoms with van der Waals surface area (Å²) in [6.45, 7) is 1.88. The second-order valence-electron chi connectivity index (χ2n) is 6.69. The van der Waals surface area contributed by atoms with Crippen LogP contribution in [0.1, 0.15) is 36.5 Å². The minimum Gasteiger partial charge on any atom is -0.495 e. The molecule has 2 rings (SSSR count). The number of amides is 1. The third-order valence-corrected chi connectivity index (χ3v) is 6.59. The van der Waals surface area contributed by atoms with Crippen molar-refractivity contribution in [2.75, 3.05) is 34.4 Å². The highest BCUT2D eigenvalue weighted by Crippen LogP contribution is 2.31. The Morgan fingerprint density at radius 2 is 1.96 bits per heavy atom. The summed E-state index contributed by atoms with van der Waals surface area (Å²) < 4.78 is 37.9. The number of hydrogen-bond donors (Lipinski definition) is 0. The summed E-state index contributed by atoms with van der Waals surface area (Å²) in [6, 6.07) is 3.96. The number of nitrogens with zero attached hydrogens (tertiary/aromatic N) is 2. The third kappa shape index (κ3) is 4.78. The fourth-order valence-electron chi connectivity index (χ4n) is 2.90. The molecule has 1 saturated heterocycles. The highest BCUT2D eigenvalue weighted by atomic mass is 32.2. The quantitative estimate of drug-likeness (QED) is 0.674. The first-order chi connectivity index (χ1) is 12.7. The Labute approximate surface area is 160 Å². The van der Waals surface area contributed by atoms with Crippen molar-refractivity contribution in [3.05, 3.63) is 23.8 Å². The van der Waals surface area contributed by atoms with Crippen molar-refractivity contribution in [3.63, 3.8) is 0 Å². The molecule has 0 aromatic heterocycles. The zero-order valence-electron chi connectivity index (χ0n) is 16.1. The molecule has 0 bridgehead atoms. The van der Waals surface area contributed by atoms with Crippen molar-refractivity contribution in [1.29, 1.82) is 0 Å². The normalized spacial score (nSPS) is 18.0. The van der Waals surface area contributed by atoms with E-state index in [2.05, 4.69) is 0 Å². The fraction of sp³-hybridized carbons (Fsp3) is 0.556. The number of ether oxygens (including phenoxy) is 2. The van der Waals surface area contributed by atoms with Crippen molar-refractivity contribution in [3.8, 4) is 5.75 Å². The molecule has 150 valence electrons. The Hall–Kier alpha value is -2.13. The Balaban J connectivity index is 2.32. The number of esters is 1. The van der Waals surface area contributed by atoms with E-state index in [9.17, 15) is 18.0 Å². The van der Waals surface area contributed by atoms with Gasteiger partial charge in [-0.2, -0.15) is 4.31 Å². The van der Waals surface area contributed by atoms with E-state index in [1.807, 2.05) is 6.92 Å². The smallest absolute Gasteiger partial charge is 0.338 e. The number of carbonyl (C=O) groups is 2. The molecule has 1 aromatic rings. The summed E-state index contributed by atoms with van der Waals surface area (Å²) >= 11 is 0. The number of sulfonamides is 1. The predicted octanol–water partition coefficient (Wildman–Crippen LogP) is 1.50. The predicted molar refractivity (Wildman–Crippen MR) is 99.2 cm³/mol. The molecule has 1 fully saturated rings. The van der Waals surface area contributed by atoms with Gasteiger partial charge in [0.05, 0.1) is 12.7 Å². The Morgan fingerprint density at radius 1 is 1.26 bits per heavy atom. The summed E-state index contributed by atoms with van der Waals surface area (Å²) in [5.74, 6) is -0.975. The highest BCUT2D eigenvalue weighted by molar-refractivity contribution is 7.89. The van der Waals surface area contributed by atoms with Gasteiger partial charge in [-0.3, -0.25) is 4.79 Å². The van der Waals surface area contributed by atoms with Gasteiger partial charge in [0.15, 0.2) is 6.61 Å². The molecule has 1 aliphatic rings. The largest absolute Gasteiger partial charge is 0.495 e. The lowest BCUT2D eigenvalue weighted by Gasteiger charge is -2.32. The summed E-state index contributed by atoms with van der Waals surface area (Å²) in [5.41, 5.74) is 0.0468. The minimum atomic E-state index is -3.83. The van der Waals surface area contributed by atoms with Crippen LogP contribution in [0.4, 0.5) is 0 Å². The summed E-state index contributed by atoms with van der Waals surface area (Å²) in [7, 11) is 0.647. The van der Waals surface area contributed by atoms with Gasteiger partial charge in [0.1, 0.15) is 10.6 Å². The van der Waals surface area contributed by atoms with Crippen LogP contribution in [0.3, 0.4) is 0 Å². The first-order valence-electron chi connectivity index (χ1n) is 8.75. The summed E-state index contributed by atoms with van der Waals surface area (Å²) in [4.78, 5) is 25.0. The Kier molecular flexibility index (Phi) is 6.83. The number of likely N-dealkylation sites (N-methyl/N-ethyl adjacent to an activating group) is 1. The van der Waals surface area contributed by atoms with E-state index in [4.69, 9.17) is 9.47 Å². The zero-order valence-corrected chi connectivity index (χ0v) is 16.9. The molecule has 1 atom stereocenters. The highest BCUT2D eigenvalue weighted by Gasteiger charge is 2.33. The van der Waals surface area contributed by atoms with Crippen molar-refractivity contribution in [1.82, 2.24) is 9.21 Å². The molecule has 0 spiro atoms. The van der Waals surface area contributed by atoms with Crippen molar-refractivity contribution >= 4 is 21.9 Å². The van der Waals surface area contributed by atoms with Gasteiger partial charge in [0.2, 0.25) is 10.0 Å². The summed E-state index contributed by atoms with van der Waals surface area (Å²) in [5, 5.41) is 0. The minimum absolute atomic E-state index is 0.0468. The molecule has 27 heavy (non-hydrogen) atoms. The fourth-order valence-corrected chi connectivity index (χ4v) is 4.78. The lowest BCUT2D eigenvalue weighted by Crippen LogP contribution is -2.42. The summed E-state index contributed by atoms with van der Waals surface area (Å²) in [6.07, 6.45) is 2.56. The number of piperidine rings is 1. The second kappa shape index (κ2) is 8.71. The van der Waals surface area contributed by atoms with Crippen LogP contribution in [0.2, 0.25) is 0 Å². The second-order valence-corrected chi connectivity index (χ2v) is 8.55. The molecule has 0 radical (unpaired) electrons. The Morgan fingerprint density at radius 3 is 2.56 bits per heavy atom. The van der Waals surface area contributed by atoms with Gasteiger partial charge in [-0.1, -0.05) is 6.42 Å². The van der Waals surface area contributed by atoms with Crippen molar-refractivity contribution in [2.24, 2.45) is 0 Å². The van der Waals surface area contributed by atoms with E-state index >= 15 is 0 Å². The molecule has 1 aliphatic heterocycles. The van der Waals surface area contributed by atoms with Crippen LogP contribution in [-0.2, 0) is 19.6 Å². The third-order valence-electron chi connectivity index (χ3n) is 4.55. The van der Waals surface area contributed by atoms with Crippen molar-refractivity contribution in [2.45, 2.75) is 37.1 Å². The van der Waals surface area contributed by atoms with Gasteiger partial charge in [0, 0.05) is 26.7 Å². The molecule has 8 nitrogen and oxygen atoms in total. The van der Waals surface area contributed by atoms with Gasteiger partial charge in [0.25, 0.3) is 5.91 Å². The van der Waals surface area contributed by atoms with Gasteiger partial charge in [-0.15, -0.1) is 0 Å². The zero-order chi connectivity index (χ0) is 20.2. The monoisotopic (exact) mass is 398 g/mol. The average molecular weight is 398 g/mol. The number of benzene rings is 1. The maximum atomic E-state index is 13.1. The molecule has 0 aliphatic carbocycles. The van der Waals surface area contributed by atoms with Crippen LogP contribution in [0.25, 0.3) is 0 Å². The SMILES string of the molecule is COc1ccc(C(=O)OCC(=O)N(C)C)cc1S(=O)(=O)N1CCCC[C@@H]1C. The van der Waals surface area contributed by atoms with E-state index in [0.717, 1.165) is 19.3 Å². The molecule has 1 heterocycles. The van der Waals surface area contributed by atoms with Crippen LogP contribution in [0, 0.1) is 0 Å². The first-order valence-corrected chi connectivity index (χ1v) is 10.2. The van der Waals surface area contributed by atoms with E-state index in [0.29, 0.717) is 6.54 Å². The first kappa shape index (κ1) is 21.2. The standard InChI is InChI=1S/C18H26N2O6S/c1-13-7-5-6-10-20(13)27(23,24)16-11-14(8-9-15(16)25-4)18(22)26-12-17(21)19(2)3/h8-9,11,13H,5-7,10,12H2,1-4H3/t13-/m0/s1. The molecule has 1 aromatic carbocycles. The van der Waals surface area contributed by atoms with Crippen LogP contribution >= 0.6 is 0 Å². The number of hydrogen-bond acceptors (Lipinski definition) is 6. The lowest BCUT2D eigenvalue weighted by atomic mass is 10.1. The molecule has 0 unspecified atom stereocenters. The van der Waals surface area contributed by atoms with Crippen LogP contribution in [0.15, 0.2) is 23.1 Å². The van der Waals surface area contributed by atoms with Gasteiger partial charge < -0.3 is 14.4 Å². The topological polar surface area (TPSA) is 93.2 Å². The lowest BCUT2D eigenvalue weighted by molar-refractivity contribution is -0.131. The van der Waals surface area contributed by atoms with Gasteiger partial charge >= 0.3 is 5.97 Å². The molecule has 0 N–H and O–H groups in total.